The lowest BCUT2D eigenvalue weighted by atomic mass is 9.95. The summed E-state index contributed by atoms with van der Waals surface area (Å²) in [6, 6.07) is 18.7. The predicted molar refractivity (Wildman–Crippen MR) is 86.3 cm³/mol. The molecular formula is C19H21NO. The summed E-state index contributed by atoms with van der Waals surface area (Å²) in [5, 5.41) is 13.3. The largest absolute Gasteiger partial charge is 0.508 e. The normalized spacial score (nSPS) is 19.3. The first-order chi connectivity index (χ1) is 10.3. The second kappa shape index (κ2) is 6.59. The molecule has 108 valence electrons. The van der Waals surface area contributed by atoms with Crippen LogP contribution in [-0.4, -0.2) is 11.1 Å². The van der Waals surface area contributed by atoms with Gasteiger partial charge in [0.15, 0.2) is 0 Å². The molecule has 0 radical (unpaired) electrons. The van der Waals surface area contributed by atoms with Gasteiger partial charge < -0.3 is 10.4 Å². The third-order valence-corrected chi connectivity index (χ3v) is 4.03. The Morgan fingerprint density at radius 2 is 1.62 bits per heavy atom. The van der Waals surface area contributed by atoms with Crippen molar-refractivity contribution in [2.75, 3.05) is 0 Å². The van der Waals surface area contributed by atoms with Gasteiger partial charge in [0.25, 0.3) is 0 Å². The molecule has 21 heavy (non-hydrogen) atoms. The monoisotopic (exact) mass is 279 g/mol. The van der Waals surface area contributed by atoms with Crippen molar-refractivity contribution < 1.29 is 5.11 Å². The number of allylic oxidation sites excluding steroid dienone is 1. The zero-order chi connectivity index (χ0) is 14.5. The molecule has 0 bridgehead atoms. The molecule has 2 N–H and O–H groups in total. The molecule has 0 saturated carbocycles. The Morgan fingerprint density at radius 1 is 0.905 bits per heavy atom. The summed E-state index contributed by atoms with van der Waals surface area (Å²) in [6.45, 7) is 0. The number of phenols is 1. The Hall–Kier alpha value is -2.06. The zero-order valence-electron chi connectivity index (χ0n) is 12.1. The Labute approximate surface area is 126 Å². The number of benzene rings is 2. The second-order valence-corrected chi connectivity index (χ2v) is 5.58. The van der Waals surface area contributed by atoms with Crippen molar-refractivity contribution in [3.63, 3.8) is 0 Å². The van der Waals surface area contributed by atoms with Crippen molar-refractivity contribution >= 4 is 0 Å². The van der Waals surface area contributed by atoms with Crippen LogP contribution in [0.2, 0.25) is 0 Å². The summed E-state index contributed by atoms with van der Waals surface area (Å²) in [5.41, 5.74) is 2.45. The fraction of sp³-hybridized carbons (Fsp3) is 0.263. The Bertz CT molecular complexity index is 589. The minimum absolute atomic E-state index is 0.170. The minimum Gasteiger partial charge on any atom is -0.508 e. The summed E-state index contributed by atoms with van der Waals surface area (Å²) in [6.07, 6.45) is 7.93. The van der Waals surface area contributed by atoms with E-state index in [2.05, 4.69) is 41.7 Å². The molecule has 2 nitrogen and oxygen atoms in total. The van der Waals surface area contributed by atoms with Crippen LogP contribution in [0.3, 0.4) is 0 Å². The van der Waals surface area contributed by atoms with E-state index < -0.39 is 0 Å². The maximum Gasteiger partial charge on any atom is 0.115 e. The second-order valence-electron chi connectivity index (χ2n) is 5.58. The van der Waals surface area contributed by atoms with Crippen LogP contribution in [0, 0.1) is 0 Å². The van der Waals surface area contributed by atoms with Gasteiger partial charge in [-0.15, -0.1) is 0 Å². The Balaban J connectivity index is 1.87. The average Bonchev–Trinajstić information content (AvgIpc) is 2.55. The summed E-state index contributed by atoms with van der Waals surface area (Å²) in [7, 11) is 0. The number of hydrogen-bond donors (Lipinski definition) is 2. The van der Waals surface area contributed by atoms with E-state index in [0.717, 1.165) is 12.8 Å². The molecule has 2 aromatic rings. The summed E-state index contributed by atoms with van der Waals surface area (Å²) < 4.78 is 0. The van der Waals surface area contributed by atoms with E-state index >= 15 is 0 Å². The summed E-state index contributed by atoms with van der Waals surface area (Å²) in [5.74, 6) is 0.311. The van der Waals surface area contributed by atoms with Crippen LogP contribution < -0.4 is 5.32 Å². The Morgan fingerprint density at radius 3 is 2.29 bits per heavy atom. The molecule has 0 saturated heterocycles. The van der Waals surface area contributed by atoms with E-state index in [9.17, 15) is 5.11 Å². The summed E-state index contributed by atoms with van der Waals surface area (Å²) in [4.78, 5) is 0. The highest BCUT2D eigenvalue weighted by Crippen LogP contribution is 2.26. The molecule has 2 aromatic carbocycles. The fourth-order valence-electron chi connectivity index (χ4n) is 2.88. The van der Waals surface area contributed by atoms with Crippen LogP contribution in [-0.2, 0) is 0 Å². The first-order valence-electron chi connectivity index (χ1n) is 7.58. The van der Waals surface area contributed by atoms with Crippen molar-refractivity contribution in [3.05, 3.63) is 77.9 Å². The minimum atomic E-state index is 0.170. The van der Waals surface area contributed by atoms with Crippen molar-refractivity contribution in [1.82, 2.24) is 5.32 Å². The maximum absolute atomic E-state index is 9.50. The van der Waals surface area contributed by atoms with Gasteiger partial charge in [0.2, 0.25) is 0 Å². The quantitative estimate of drug-likeness (QED) is 0.823. The molecule has 2 heteroatoms. The van der Waals surface area contributed by atoms with Crippen molar-refractivity contribution in [2.24, 2.45) is 0 Å². The van der Waals surface area contributed by atoms with E-state index in [0.29, 0.717) is 11.8 Å². The molecule has 3 rings (SSSR count). The highest BCUT2D eigenvalue weighted by Gasteiger charge is 2.19. The molecule has 0 heterocycles. The van der Waals surface area contributed by atoms with Crippen molar-refractivity contribution in [1.29, 1.82) is 0 Å². The number of hydrogen-bond acceptors (Lipinski definition) is 2. The molecule has 2 atom stereocenters. The fourth-order valence-corrected chi connectivity index (χ4v) is 2.88. The van der Waals surface area contributed by atoms with Gasteiger partial charge >= 0.3 is 0 Å². The molecular weight excluding hydrogens is 258 g/mol. The van der Waals surface area contributed by atoms with Gasteiger partial charge in [-0.05, 0) is 42.5 Å². The third kappa shape index (κ3) is 3.53. The first kappa shape index (κ1) is 13.9. The van der Waals surface area contributed by atoms with Gasteiger partial charge in [-0.2, -0.15) is 0 Å². The standard InChI is InChI=1S/C19H21NO/c21-18-13-11-16(12-14-18)19(15-7-3-1-4-8-15)20-17-9-5-2-6-10-17/h1-5,7-8,11-14,17,19-21H,6,9-10H2. The molecule has 0 amide bonds. The van der Waals surface area contributed by atoms with E-state index in [1.54, 1.807) is 12.1 Å². The molecule has 0 aliphatic heterocycles. The van der Waals surface area contributed by atoms with Crippen LogP contribution in [0.15, 0.2) is 66.7 Å². The predicted octanol–water partition coefficient (Wildman–Crippen LogP) is 4.18. The van der Waals surface area contributed by atoms with E-state index in [4.69, 9.17) is 0 Å². The lowest BCUT2D eigenvalue weighted by Crippen LogP contribution is -2.34. The van der Waals surface area contributed by atoms with Gasteiger partial charge in [0, 0.05) is 6.04 Å². The van der Waals surface area contributed by atoms with Gasteiger partial charge in [-0.25, -0.2) is 0 Å². The molecule has 1 aliphatic carbocycles. The van der Waals surface area contributed by atoms with Crippen LogP contribution in [0.1, 0.15) is 36.4 Å². The lowest BCUT2D eigenvalue weighted by molar-refractivity contribution is 0.439. The zero-order valence-corrected chi connectivity index (χ0v) is 12.1. The van der Waals surface area contributed by atoms with Gasteiger partial charge in [-0.3, -0.25) is 0 Å². The number of phenolic OH excluding ortho intramolecular Hbond substituents is 1. The van der Waals surface area contributed by atoms with Crippen LogP contribution in [0.5, 0.6) is 5.75 Å². The SMILES string of the molecule is Oc1ccc(C(NC2CC=CCC2)c2ccccc2)cc1. The number of nitrogens with one attached hydrogen (secondary N) is 1. The first-order valence-corrected chi connectivity index (χ1v) is 7.58. The van der Waals surface area contributed by atoms with Gasteiger partial charge in [0.05, 0.1) is 6.04 Å². The molecule has 1 aliphatic rings. The molecule has 0 fully saturated rings. The summed E-state index contributed by atoms with van der Waals surface area (Å²) >= 11 is 0. The highest BCUT2D eigenvalue weighted by atomic mass is 16.3. The van der Waals surface area contributed by atoms with Crippen molar-refractivity contribution in [2.45, 2.75) is 31.3 Å². The van der Waals surface area contributed by atoms with Crippen LogP contribution in [0.4, 0.5) is 0 Å². The van der Waals surface area contributed by atoms with E-state index in [1.807, 2.05) is 18.2 Å². The smallest absolute Gasteiger partial charge is 0.115 e. The van der Waals surface area contributed by atoms with E-state index in [-0.39, 0.29) is 6.04 Å². The number of aromatic hydroxyl groups is 1. The van der Waals surface area contributed by atoms with Crippen LogP contribution in [0.25, 0.3) is 0 Å². The molecule has 0 spiro atoms. The molecule has 0 aromatic heterocycles. The van der Waals surface area contributed by atoms with Gasteiger partial charge in [-0.1, -0.05) is 54.6 Å². The highest BCUT2D eigenvalue weighted by molar-refractivity contribution is 5.35. The van der Waals surface area contributed by atoms with Crippen molar-refractivity contribution in [3.8, 4) is 5.75 Å². The topological polar surface area (TPSA) is 32.3 Å². The number of rotatable bonds is 4. The Kier molecular flexibility index (Phi) is 4.37. The van der Waals surface area contributed by atoms with Gasteiger partial charge in [0.1, 0.15) is 5.75 Å². The maximum atomic E-state index is 9.50. The third-order valence-electron chi connectivity index (χ3n) is 4.03. The van der Waals surface area contributed by atoms with Crippen LogP contribution >= 0.6 is 0 Å². The lowest BCUT2D eigenvalue weighted by Gasteiger charge is -2.27. The van der Waals surface area contributed by atoms with E-state index in [1.165, 1.54) is 17.5 Å². The average molecular weight is 279 g/mol. The molecule has 2 unspecified atom stereocenters.